The number of ether oxygens (including phenoxy) is 1. The Morgan fingerprint density at radius 1 is 0.936 bits per heavy atom. The van der Waals surface area contributed by atoms with Crippen molar-refractivity contribution >= 4 is 35.7 Å². The maximum Gasteiger partial charge on any atom is 0.407 e. The van der Waals surface area contributed by atoms with Gasteiger partial charge in [-0.15, -0.1) is 0 Å². The van der Waals surface area contributed by atoms with E-state index in [-0.39, 0.29) is 48.9 Å². The molecule has 1 aromatic carbocycles. The van der Waals surface area contributed by atoms with Crippen LogP contribution in [0.2, 0.25) is 0 Å². The molecule has 1 saturated carbocycles. The fraction of sp³-hybridized carbons (Fsp3) is 0.516. The van der Waals surface area contributed by atoms with Gasteiger partial charge < -0.3 is 40.7 Å². The number of para-hydroxylation sites is 1. The zero-order chi connectivity index (χ0) is 33.5. The number of carbonyl (C=O) groups is 6. The van der Waals surface area contributed by atoms with Gasteiger partial charge in [0.1, 0.15) is 12.1 Å². The van der Waals surface area contributed by atoms with Crippen LogP contribution < -0.4 is 20.7 Å². The van der Waals surface area contributed by atoms with Crippen molar-refractivity contribution in [1.82, 2.24) is 35.5 Å². The molecule has 47 heavy (non-hydrogen) atoms. The molecule has 16 heteroatoms. The number of likely N-dealkylation sites (tertiary alicyclic amines) is 2. The second-order valence-corrected chi connectivity index (χ2v) is 12.0. The van der Waals surface area contributed by atoms with Crippen molar-refractivity contribution in [3.8, 4) is 11.6 Å². The van der Waals surface area contributed by atoms with Gasteiger partial charge in [-0.25, -0.2) is 9.48 Å². The molecular formula is C31H39N7O9. The smallest absolute Gasteiger partial charge is 0.407 e. The van der Waals surface area contributed by atoms with Crippen LogP contribution in [0.4, 0.5) is 4.79 Å². The second-order valence-electron chi connectivity index (χ2n) is 12.0. The highest BCUT2D eigenvalue weighted by Crippen LogP contribution is 2.24. The Hall–Kier alpha value is -5.15. The van der Waals surface area contributed by atoms with E-state index >= 15 is 0 Å². The summed E-state index contributed by atoms with van der Waals surface area (Å²) in [7, 11) is 0. The van der Waals surface area contributed by atoms with Crippen molar-refractivity contribution in [1.29, 1.82) is 0 Å². The van der Waals surface area contributed by atoms with Crippen molar-refractivity contribution in [3.05, 3.63) is 42.1 Å². The van der Waals surface area contributed by atoms with Crippen molar-refractivity contribution in [2.75, 3.05) is 26.2 Å². The highest BCUT2D eigenvalue weighted by atomic mass is 16.5. The molecule has 3 atom stereocenters. The molecule has 2 aliphatic heterocycles. The number of aliphatic carboxylic acids is 1. The molecule has 5 N–H and O–H groups in total. The molecule has 0 bridgehead atoms. The number of carboxylic acids is 1. The molecular weight excluding hydrogens is 614 g/mol. The molecule has 1 aromatic heterocycles. The fourth-order valence-electron chi connectivity index (χ4n) is 5.86. The zero-order valence-corrected chi connectivity index (χ0v) is 25.8. The molecule has 3 fully saturated rings. The van der Waals surface area contributed by atoms with Crippen LogP contribution in [0.25, 0.3) is 5.69 Å². The predicted octanol–water partition coefficient (Wildman–Crippen LogP) is 0.743. The van der Waals surface area contributed by atoms with Crippen LogP contribution >= 0.6 is 0 Å². The van der Waals surface area contributed by atoms with Gasteiger partial charge in [-0.05, 0) is 57.1 Å². The number of hydrogen-bond donors (Lipinski definition) is 5. The molecule has 2 saturated heterocycles. The van der Waals surface area contributed by atoms with Crippen molar-refractivity contribution in [2.45, 2.75) is 75.5 Å². The predicted molar refractivity (Wildman–Crippen MR) is 164 cm³/mol. The largest absolute Gasteiger partial charge is 0.481 e. The highest BCUT2D eigenvalue weighted by molar-refractivity contribution is 5.96. The van der Waals surface area contributed by atoms with Gasteiger partial charge in [-0.2, -0.15) is 5.10 Å². The summed E-state index contributed by atoms with van der Waals surface area (Å²) in [5.41, 5.74) is 0.374. The summed E-state index contributed by atoms with van der Waals surface area (Å²) in [6.45, 7) is 0.322. The molecule has 0 spiro atoms. The van der Waals surface area contributed by atoms with Crippen molar-refractivity contribution in [3.63, 3.8) is 0 Å². The van der Waals surface area contributed by atoms with Crippen LogP contribution in [0.3, 0.4) is 0 Å². The van der Waals surface area contributed by atoms with Crippen molar-refractivity contribution in [2.24, 2.45) is 0 Å². The van der Waals surface area contributed by atoms with E-state index in [1.165, 1.54) is 15.6 Å². The van der Waals surface area contributed by atoms with E-state index < -0.39 is 55.0 Å². The van der Waals surface area contributed by atoms with Crippen LogP contribution in [0.15, 0.2) is 36.4 Å². The first-order valence-corrected chi connectivity index (χ1v) is 15.8. The van der Waals surface area contributed by atoms with Crippen LogP contribution in [-0.2, 0) is 19.2 Å². The summed E-state index contributed by atoms with van der Waals surface area (Å²) >= 11 is 0. The number of nitrogens with zero attached hydrogens (tertiary/aromatic N) is 4. The number of amides is 5. The van der Waals surface area contributed by atoms with E-state index in [1.54, 1.807) is 30.3 Å². The van der Waals surface area contributed by atoms with Gasteiger partial charge in [0.25, 0.3) is 11.8 Å². The molecule has 3 heterocycles. The third kappa shape index (κ3) is 8.37. The van der Waals surface area contributed by atoms with Gasteiger partial charge in [0.2, 0.25) is 17.7 Å². The van der Waals surface area contributed by atoms with Crippen LogP contribution in [-0.4, -0.2) is 116 Å². The first-order chi connectivity index (χ1) is 22.6. The normalized spacial score (nSPS) is 19.8. The maximum absolute atomic E-state index is 13.4. The number of nitrogens with one attached hydrogen (secondary N) is 3. The zero-order valence-electron chi connectivity index (χ0n) is 25.8. The van der Waals surface area contributed by atoms with E-state index in [1.807, 2.05) is 0 Å². The standard InChI is InChI=1S/C31H39N7O9/c39-25(37-14-5-10-24(37)30(44)32-19-6-4-7-19)18-47-26-16-23(35-38(26)21-8-2-1-3-9-21)29(43)34-22(11-12-27(40)41)28(42)33-20-13-15-36(17-20)31(45)46/h1-3,8-9,16,19-20,22,24H,4-7,10-15,17-18H2,(H,32,44)(H,33,42)(H,34,43)(H,40,41)(H,45,46)/t20?,22-,24-/m0/s1. The molecule has 16 nitrogen and oxygen atoms in total. The van der Waals surface area contributed by atoms with E-state index in [2.05, 4.69) is 21.0 Å². The molecule has 3 aliphatic rings. The Kier molecular flexibility index (Phi) is 10.6. The lowest BCUT2D eigenvalue weighted by molar-refractivity contribution is -0.140. The van der Waals surface area contributed by atoms with Crippen LogP contribution in [0.1, 0.15) is 61.9 Å². The molecule has 5 rings (SSSR count). The van der Waals surface area contributed by atoms with Gasteiger partial charge in [0.05, 0.1) is 5.69 Å². The van der Waals surface area contributed by atoms with E-state index in [0.717, 1.165) is 24.2 Å². The summed E-state index contributed by atoms with van der Waals surface area (Å²) in [6, 6.07) is 7.89. The number of rotatable bonds is 13. The number of benzene rings is 1. The minimum Gasteiger partial charge on any atom is -0.481 e. The summed E-state index contributed by atoms with van der Waals surface area (Å²) in [6.07, 6.45) is 2.84. The quantitative estimate of drug-likeness (QED) is 0.205. The van der Waals surface area contributed by atoms with Gasteiger partial charge in [-0.1, -0.05) is 18.2 Å². The van der Waals surface area contributed by atoms with Gasteiger partial charge in [-0.3, -0.25) is 24.0 Å². The number of carbonyl (C=O) groups excluding carboxylic acids is 4. The molecule has 2 aromatic rings. The Bertz CT molecular complexity index is 1490. The molecule has 1 aliphatic carbocycles. The van der Waals surface area contributed by atoms with Crippen LogP contribution in [0, 0.1) is 0 Å². The van der Waals surface area contributed by atoms with Crippen molar-refractivity contribution < 1.29 is 43.7 Å². The molecule has 1 unspecified atom stereocenters. The molecule has 252 valence electrons. The SMILES string of the molecule is O=C(O)CC[C@H](NC(=O)c1cc(OCC(=O)N2CCC[C@H]2C(=O)NC2CCC2)n(-c2ccccc2)n1)C(=O)NC1CCN(C(=O)O)C1. The Morgan fingerprint density at radius 2 is 1.70 bits per heavy atom. The van der Waals surface area contributed by atoms with E-state index in [4.69, 9.17) is 4.74 Å². The average Bonchev–Trinajstić information content (AvgIpc) is 3.80. The number of aromatic nitrogens is 2. The lowest BCUT2D eigenvalue weighted by atomic mass is 9.93. The van der Waals surface area contributed by atoms with Gasteiger partial charge in [0, 0.05) is 44.2 Å². The lowest BCUT2D eigenvalue weighted by Crippen LogP contribution is -2.51. The Balaban J connectivity index is 1.27. The van der Waals surface area contributed by atoms with E-state index in [0.29, 0.717) is 31.5 Å². The summed E-state index contributed by atoms with van der Waals surface area (Å²) in [4.78, 5) is 77.7. The first kappa shape index (κ1) is 33.2. The average molecular weight is 654 g/mol. The minimum atomic E-state index is -1.25. The maximum atomic E-state index is 13.4. The molecule has 0 radical (unpaired) electrons. The fourth-order valence-corrected chi connectivity index (χ4v) is 5.86. The Labute approximate surface area is 270 Å². The van der Waals surface area contributed by atoms with Gasteiger partial charge >= 0.3 is 12.1 Å². The lowest BCUT2D eigenvalue weighted by Gasteiger charge is -2.30. The third-order valence-electron chi connectivity index (χ3n) is 8.65. The second kappa shape index (κ2) is 15.0. The van der Waals surface area contributed by atoms with Crippen LogP contribution in [0.5, 0.6) is 5.88 Å². The summed E-state index contributed by atoms with van der Waals surface area (Å²) in [5, 5.41) is 31.0. The monoisotopic (exact) mass is 653 g/mol. The first-order valence-electron chi connectivity index (χ1n) is 15.8. The summed E-state index contributed by atoms with van der Waals surface area (Å²) in [5.74, 6) is -3.08. The Morgan fingerprint density at radius 3 is 2.36 bits per heavy atom. The highest BCUT2D eigenvalue weighted by Gasteiger charge is 2.36. The molecule has 5 amide bonds. The number of carboxylic acid groups (broad SMARTS) is 2. The minimum absolute atomic E-state index is 0.0654. The third-order valence-corrected chi connectivity index (χ3v) is 8.65. The number of hydrogen-bond acceptors (Lipinski definition) is 8. The summed E-state index contributed by atoms with van der Waals surface area (Å²) < 4.78 is 7.21. The topological polar surface area (TPSA) is 212 Å². The van der Waals surface area contributed by atoms with E-state index in [9.17, 15) is 39.0 Å². The van der Waals surface area contributed by atoms with Gasteiger partial charge in [0.15, 0.2) is 12.3 Å².